The van der Waals surface area contributed by atoms with E-state index in [0.29, 0.717) is 12.4 Å². The minimum absolute atomic E-state index is 0.672. The third-order valence-electron chi connectivity index (χ3n) is 2.07. The third kappa shape index (κ3) is 3.55. The van der Waals surface area contributed by atoms with E-state index in [4.69, 9.17) is 10.6 Å². The molecule has 4 heteroatoms. The Kier molecular flexibility index (Phi) is 5.36. The van der Waals surface area contributed by atoms with Crippen molar-refractivity contribution in [2.24, 2.45) is 10.8 Å². The van der Waals surface area contributed by atoms with E-state index in [0.717, 1.165) is 24.3 Å². The number of amidine groups is 1. The summed E-state index contributed by atoms with van der Waals surface area (Å²) in [6.45, 7) is 5.48. The van der Waals surface area contributed by atoms with Crippen molar-refractivity contribution in [3.8, 4) is 5.75 Å². The zero-order valence-electron chi connectivity index (χ0n) is 9.86. The number of nitrogens with one attached hydrogen (secondary N) is 1. The third-order valence-corrected chi connectivity index (χ3v) is 2.07. The molecule has 0 aliphatic carbocycles. The summed E-state index contributed by atoms with van der Waals surface area (Å²) in [5, 5.41) is 0. The van der Waals surface area contributed by atoms with Crippen LogP contribution >= 0.6 is 0 Å². The number of nitrogens with zero attached hydrogens (tertiary/aromatic N) is 1. The molecule has 0 aromatic heterocycles. The second kappa shape index (κ2) is 6.85. The van der Waals surface area contributed by atoms with Gasteiger partial charge in [-0.15, -0.1) is 0 Å². The molecule has 3 N–H and O–H groups in total. The highest BCUT2D eigenvalue weighted by atomic mass is 16.5. The molecule has 0 unspecified atom stereocenters. The first-order chi connectivity index (χ1) is 7.81. The fourth-order valence-corrected chi connectivity index (χ4v) is 1.32. The van der Waals surface area contributed by atoms with E-state index in [9.17, 15) is 0 Å². The predicted molar refractivity (Wildman–Crippen MR) is 66.6 cm³/mol. The molecule has 0 bridgehead atoms. The highest BCUT2D eigenvalue weighted by Crippen LogP contribution is 2.12. The van der Waals surface area contributed by atoms with Gasteiger partial charge in [0.2, 0.25) is 0 Å². The van der Waals surface area contributed by atoms with Gasteiger partial charge in [0.05, 0.1) is 6.61 Å². The Labute approximate surface area is 96.5 Å². The average molecular weight is 221 g/mol. The largest absolute Gasteiger partial charge is 0.494 e. The van der Waals surface area contributed by atoms with Crippen molar-refractivity contribution in [3.63, 3.8) is 0 Å². The molecule has 0 aliphatic rings. The van der Waals surface area contributed by atoms with E-state index in [-0.39, 0.29) is 0 Å². The van der Waals surface area contributed by atoms with E-state index >= 15 is 0 Å². The summed E-state index contributed by atoms with van der Waals surface area (Å²) in [5.41, 5.74) is 3.59. The fourth-order valence-electron chi connectivity index (χ4n) is 1.32. The molecule has 0 spiro atoms. The maximum Gasteiger partial charge on any atom is 0.142 e. The van der Waals surface area contributed by atoms with Crippen molar-refractivity contribution in [2.75, 3.05) is 13.2 Å². The summed E-state index contributed by atoms with van der Waals surface area (Å²) in [6, 6.07) is 7.72. The fraction of sp³-hybridized carbons (Fsp3) is 0.417. The second-order valence-corrected chi connectivity index (χ2v) is 3.33. The summed E-state index contributed by atoms with van der Waals surface area (Å²) < 4.78 is 5.36. The normalized spacial score (nSPS) is 11.3. The average Bonchev–Trinajstić information content (AvgIpc) is 2.32. The topological polar surface area (TPSA) is 59.6 Å². The van der Waals surface area contributed by atoms with Crippen molar-refractivity contribution in [2.45, 2.75) is 20.3 Å². The summed E-state index contributed by atoms with van der Waals surface area (Å²) in [5.74, 6) is 7.00. The van der Waals surface area contributed by atoms with Gasteiger partial charge in [-0.3, -0.25) is 4.99 Å². The van der Waals surface area contributed by atoms with Crippen LogP contribution in [0.15, 0.2) is 29.3 Å². The quantitative estimate of drug-likeness (QED) is 0.344. The Bertz CT molecular complexity index is 333. The van der Waals surface area contributed by atoms with Crippen molar-refractivity contribution < 1.29 is 4.74 Å². The van der Waals surface area contributed by atoms with Crippen LogP contribution in [-0.2, 0) is 0 Å². The molecule has 0 heterocycles. The monoisotopic (exact) mass is 221 g/mol. The molecule has 0 fully saturated rings. The Morgan fingerprint density at radius 1 is 1.31 bits per heavy atom. The molecule has 1 aromatic carbocycles. The van der Waals surface area contributed by atoms with Crippen molar-refractivity contribution in [1.82, 2.24) is 5.43 Å². The van der Waals surface area contributed by atoms with Crippen LogP contribution in [0.25, 0.3) is 0 Å². The lowest BCUT2D eigenvalue weighted by molar-refractivity contribution is 0.340. The van der Waals surface area contributed by atoms with Crippen molar-refractivity contribution in [1.29, 1.82) is 0 Å². The van der Waals surface area contributed by atoms with E-state index < -0.39 is 0 Å². The molecule has 4 nitrogen and oxygen atoms in total. The summed E-state index contributed by atoms with van der Waals surface area (Å²) in [6.07, 6.45) is 1.00. The lowest BCUT2D eigenvalue weighted by atomic mass is 10.2. The van der Waals surface area contributed by atoms with Crippen LogP contribution in [0.3, 0.4) is 0 Å². The highest BCUT2D eigenvalue weighted by Gasteiger charge is 2.01. The molecule has 0 aliphatic heterocycles. The first-order valence-corrected chi connectivity index (χ1v) is 5.56. The number of aliphatic imine (C=N–C) groups is 1. The SMILES string of the molecule is CCCN=C(NN)c1ccc(OCC)cc1. The maximum absolute atomic E-state index is 5.43. The zero-order chi connectivity index (χ0) is 11.8. The number of benzene rings is 1. The van der Waals surface area contributed by atoms with Gasteiger partial charge in [-0.05, 0) is 37.6 Å². The van der Waals surface area contributed by atoms with Crippen LogP contribution in [0.2, 0.25) is 0 Å². The van der Waals surface area contributed by atoms with Crippen LogP contribution in [0.1, 0.15) is 25.8 Å². The molecule has 0 saturated carbocycles. The maximum atomic E-state index is 5.43. The van der Waals surface area contributed by atoms with Gasteiger partial charge in [-0.1, -0.05) is 6.92 Å². The molecule has 0 radical (unpaired) electrons. The number of ether oxygens (including phenoxy) is 1. The van der Waals surface area contributed by atoms with Gasteiger partial charge in [0.25, 0.3) is 0 Å². The molecule has 1 rings (SSSR count). The molecule has 1 aromatic rings. The molecule has 88 valence electrons. The first kappa shape index (κ1) is 12.5. The van der Waals surface area contributed by atoms with E-state index in [1.54, 1.807) is 0 Å². The summed E-state index contributed by atoms with van der Waals surface area (Å²) in [7, 11) is 0. The van der Waals surface area contributed by atoms with Gasteiger partial charge >= 0.3 is 0 Å². The Hall–Kier alpha value is -1.55. The van der Waals surface area contributed by atoms with Gasteiger partial charge < -0.3 is 10.2 Å². The highest BCUT2D eigenvalue weighted by molar-refractivity contribution is 5.98. The summed E-state index contributed by atoms with van der Waals surface area (Å²) >= 11 is 0. The van der Waals surface area contributed by atoms with Gasteiger partial charge in [0, 0.05) is 12.1 Å². The lowest BCUT2D eigenvalue weighted by Crippen LogP contribution is -2.31. The van der Waals surface area contributed by atoms with Gasteiger partial charge in [0.15, 0.2) is 0 Å². The minimum Gasteiger partial charge on any atom is -0.494 e. The lowest BCUT2D eigenvalue weighted by Gasteiger charge is -2.07. The van der Waals surface area contributed by atoms with Crippen molar-refractivity contribution in [3.05, 3.63) is 29.8 Å². The smallest absolute Gasteiger partial charge is 0.142 e. The molecule has 0 saturated heterocycles. The van der Waals surface area contributed by atoms with Gasteiger partial charge in [-0.2, -0.15) is 0 Å². The number of rotatable bonds is 5. The molecule has 16 heavy (non-hydrogen) atoms. The Balaban J connectivity index is 2.78. The van der Waals surface area contributed by atoms with Gasteiger partial charge in [0.1, 0.15) is 11.6 Å². The zero-order valence-corrected chi connectivity index (χ0v) is 9.86. The molecular formula is C12H19N3O. The van der Waals surface area contributed by atoms with E-state index in [2.05, 4.69) is 17.3 Å². The number of nitrogens with two attached hydrogens (primary N) is 1. The minimum atomic E-state index is 0.672. The second-order valence-electron chi connectivity index (χ2n) is 3.33. The number of hydrogen-bond acceptors (Lipinski definition) is 3. The Morgan fingerprint density at radius 3 is 2.50 bits per heavy atom. The molecule has 0 amide bonds. The van der Waals surface area contributed by atoms with E-state index in [1.165, 1.54) is 0 Å². The summed E-state index contributed by atoms with van der Waals surface area (Å²) in [4.78, 5) is 4.35. The molecular weight excluding hydrogens is 202 g/mol. The number of hydrogen-bond donors (Lipinski definition) is 2. The first-order valence-electron chi connectivity index (χ1n) is 5.56. The Morgan fingerprint density at radius 2 is 2.00 bits per heavy atom. The molecule has 0 atom stereocenters. The standard InChI is InChI=1S/C12H19N3O/c1-3-9-14-12(15-13)10-5-7-11(8-6-10)16-4-2/h5-8H,3-4,9,13H2,1-2H3,(H,14,15). The van der Waals surface area contributed by atoms with Crippen LogP contribution in [0, 0.1) is 0 Å². The van der Waals surface area contributed by atoms with Crippen molar-refractivity contribution >= 4 is 5.84 Å². The van der Waals surface area contributed by atoms with Crippen LogP contribution in [0.4, 0.5) is 0 Å². The number of hydrazine groups is 1. The predicted octanol–water partition coefficient (Wildman–Crippen LogP) is 1.71. The van der Waals surface area contributed by atoms with Gasteiger partial charge in [-0.25, -0.2) is 5.84 Å². The van der Waals surface area contributed by atoms with E-state index in [1.807, 2.05) is 31.2 Å². The van der Waals surface area contributed by atoms with Crippen LogP contribution < -0.4 is 16.0 Å². The van der Waals surface area contributed by atoms with Crippen LogP contribution in [-0.4, -0.2) is 19.0 Å². The van der Waals surface area contributed by atoms with Crippen LogP contribution in [0.5, 0.6) is 5.75 Å².